The van der Waals surface area contributed by atoms with Crippen LogP contribution in [0.15, 0.2) is 23.1 Å². The summed E-state index contributed by atoms with van der Waals surface area (Å²) >= 11 is 9.22. The molecule has 2 rings (SSSR count). The highest BCUT2D eigenvalue weighted by Gasteiger charge is 2.09. The Morgan fingerprint density at radius 2 is 2.13 bits per heavy atom. The lowest BCUT2D eigenvalue weighted by Gasteiger charge is -2.03. The molecule has 0 fully saturated rings. The van der Waals surface area contributed by atoms with Gasteiger partial charge in [0.15, 0.2) is 5.82 Å². The van der Waals surface area contributed by atoms with Gasteiger partial charge in [-0.2, -0.15) is 0 Å². The second kappa shape index (κ2) is 4.20. The van der Waals surface area contributed by atoms with E-state index in [2.05, 4.69) is 35.9 Å². The Kier molecular flexibility index (Phi) is 2.93. The van der Waals surface area contributed by atoms with Crippen LogP contribution in [-0.4, -0.2) is 19.9 Å². The van der Waals surface area contributed by atoms with E-state index in [9.17, 15) is 0 Å². The van der Waals surface area contributed by atoms with Crippen molar-refractivity contribution in [1.82, 2.24) is 19.9 Å². The zero-order chi connectivity index (χ0) is 10.8. The minimum Gasteiger partial charge on any atom is -0.245 e. The van der Waals surface area contributed by atoms with Crippen LogP contribution in [0.3, 0.4) is 0 Å². The Labute approximate surface area is 99.9 Å². The molecule has 0 aliphatic carbocycles. The van der Waals surface area contributed by atoms with Crippen molar-refractivity contribution in [2.24, 2.45) is 0 Å². The van der Waals surface area contributed by atoms with E-state index in [1.165, 1.54) is 6.33 Å². The van der Waals surface area contributed by atoms with Crippen molar-refractivity contribution in [2.75, 3.05) is 0 Å². The minimum absolute atomic E-state index is 0.385. The topological polar surface area (TPSA) is 51.6 Å². The molecule has 6 heteroatoms. The zero-order valence-corrected chi connectivity index (χ0v) is 10.1. The van der Waals surface area contributed by atoms with Crippen LogP contribution in [0.25, 0.3) is 11.5 Å². The fourth-order valence-corrected chi connectivity index (χ4v) is 1.46. The van der Waals surface area contributed by atoms with Crippen molar-refractivity contribution >= 4 is 27.5 Å². The molecule has 76 valence electrons. The Hall–Kier alpha value is -1.07. The van der Waals surface area contributed by atoms with Crippen molar-refractivity contribution < 1.29 is 0 Å². The number of aromatic nitrogens is 4. The van der Waals surface area contributed by atoms with E-state index in [1.54, 1.807) is 12.3 Å². The summed E-state index contributed by atoms with van der Waals surface area (Å²) in [5.74, 6) is 0.503. The van der Waals surface area contributed by atoms with Gasteiger partial charge in [-0.05, 0) is 28.9 Å². The van der Waals surface area contributed by atoms with E-state index in [1.807, 2.05) is 6.92 Å². The van der Waals surface area contributed by atoms with E-state index < -0.39 is 0 Å². The summed E-state index contributed by atoms with van der Waals surface area (Å²) in [6, 6.07) is 1.74. The van der Waals surface area contributed by atoms with Crippen molar-refractivity contribution in [3.8, 4) is 11.5 Å². The number of nitrogens with zero attached hydrogens (tertiary/aromatic N) is 4. The third kappa shape index (κ3) is 2.13. The van der Waals surface area contributed by atoms with Crippen LogP contribution in [0.2, 0.25) is 5.15 Å². The molecule has 0 amide bonds. The van der Waals surface area contributed by atoms with Crippen molar-refractivity contribution in [3.05, 3.63) is 33.9 Å². The Balaban J connectivity index is 2.56. The summed E-state index contributed by atoms with van der Waals surface area (Å²) in [5, 5.41) is 0.385. The molecule has 15 heavy (non-hydrogen) atoms. The van der Waals surface area contributed by atoms with Crippen LogP contribution < -0.4 is 0 Å². The van der Waals surface area contributed by atoms with Crippen LogP contribution in [0.5, 0.6) is 0 Å². The number of rotatable bonds is 1. The summed E-state index contributed by atoms with van der Waals surface area (Å²) < 4.78 is 0.710. The minimum atomic E-state index is 0.385. The average molecular weight is 286 g/mol. The molecular weight excluding hydrogens is 279 g/mol. The highest BCUT2D eigenvalue weighted by Crippen LogP contribution is 2.25. The van der Waals surface area contributed by atoms with Gasteiger partial charge >= 0.3 is 0 Å². The molecule has 0 radical (unpaired) electrons. The fourth-order valence-electron chi connectivity index (χ4n) is 1.06. The maximum absolute atomic E-state index is 5.93. The highest BCUT2D eigenvalue weighted by atomic mass is 79.9. The number of aryl methyl sites for hydroxylation is 1. The largest absolute Gasteiger partial charge is 0.245 e. The maximum Gasteiger partial charge on any atom is 0.180 e. The Morgan fingerprint density at radius 1 is 1.33 bits per heavy atom. The van der Waals surface area contributed by atoms with E-state index in [-0.39, 0.29) is 0 Å². The van der Waals surface area contributed by atoms with Gasteiger partial charge in [0.05, 0.1) is 10.2 Å². The van der Waals surface area contributed by atoms with E-state index >= 15 is 0 Å². The summed E-state index contributed by atoms with van der Waals surface area (Å²) in [4.78, 5) is 16.3. The molecule has 0 unspecified atom stereocenters. The first-order chi connectivity index (χ1) is 7.18. The Bertz CT molecular complexity index is 466. The lowest BCUT2D eigenvalue weighted by atomic mass is 10.3. The molecule has 0 aromatic carbocycles. The number of halogens is 2. The maximum atomic E-state index is 5.93. The summed E-state index contributed by atoms with van der Waals surface area (Å²) in [5.41, 5.74) is 1.44. The summed E-state index contributed by atoms with van der Waals surface area (Å²) in [6.45, 7) is 1.85. The monoisotopic (exact) mass is 284 g/mol. The second-order valence-electron chi connectivity index (χ2n) is 2.83. The van der Waals surface area contributed by atoms with Gasteiger partial charge in [-0.3, -0.25) is 0 Å². The van der Waals surface area contributed by atoms with Crippen LogP contribution in [0, 0.1) is 6.92 Å². The molecule has 2 heterocycles. The van der Waals surface area contributed by atoms with Crippen LogP contribution in [0.4, 0.5) is 0 Å². The van der Waals surface area contributed by atoms with Gasteiger partial charge in [-0.1, -0.05) is 11.6 Å². The highest BCUT2D eigenvalue weighted by molar-refractivity contribution is 9.10. The third-order valence-electron chi connectivity index (χ3n) is 1.79. The van der Waals surface area contributed by atoms with Crippen molar-refractivity contribution in [3.63, 3.8) is 0 Å². The molecule has 2 aromatic rings. The first kappa shape index (κ1) is 10.4. The van der Waals surface area contributed by atoms with Crippen LogP contribution in [-0.2, 0) is 0 Å². The van der Waals surface area contributed by atoms with Gasteiger partial charge in [0.1, 0.15) is 17.2 Å². The predicted octanol–water partition coefficient (Wildman–Crippen LogP) is 2.66. The molecule has 2 aromatic heterocycles. The summed E-state index contributed by atoms with van der Waals surface area (Å²) in [6.07, 6.45) is 3.08. The predicted molar refractivity (Wildman–Crippen MR) is 60.5 cm³/mol. The van der Waals surface area contributed by atoms with Gasteiger partial charge in [0.2, 0.25) is 0 Å². The summed E-state index contributed by atoms with van der Waals surface area (Å²) in [7, 11) is 0. The van der Waals surface area contributed by atoms with Crippen molar-refractivity contribution in [2.45, 2.75) is 6.92 Å². The molecule has 0 saturated carbocycles. The van der Waals surface area contributed by atoms with E-state index in [4.69, 9.17) is 11.6 Å². The third-order valence-corrected chi connectivity index (χ3v) is 3.24. The lowest BCUT2D eigenvalue weighted by Crippen LogP contribution is -1.96. The number of hydrogen-bond donors (Lipinski definition) is 0. The van der Waals surface area contributed by atoms with Gasteiger partial charge in [-0.15, -0.1) is 0 Å². The molecule has 4 nitrogen and oxygen atoms in total. The Morgan fingerprint density at radius 3 is 2.73 bits per heavy atom. The molecule has 0 atom stereocenters. The van der Waals surface area contributed by atoms with Gasteiger partial charge in [0, 0.05) is 6.20 Å². The van der Waals surface area contributed by atoms with Crippen molar-refractivity contribution in [1.29, 1.82) is 0 Å². The molecular formula is C9H6BrClN4. The van der Waals surface area contributed by atoms with Gasteiger partial charge in [-0.25, -0.2) is 19.9 Å². The molecule has 0 aliphatic rings. The normalized spacial score (nSPS) is 10.3. The average Bonchev–Trinajstić information content (AvgIpc) is 2.26. The molecule has 0 saturated heterocycles. The second-order valence-corrected chi connectivity index (χ2v) is 3.98. The smallest absolute Gasteiger partial charge is 0.180 e. The molecule has 0 spiro atoms. The quantitative estimate of drug-likeness (QED) is 0.756. The van der Waals surface area contributed by atoms with Crippen LogP contribution >= 0.6 is 27.5 Å². The van der Waals surface area contributed by atoms with Crippen LogP contribution in [0.1, 0.15) is 5.69 Å². The number of hydrogen-bond acceptors (Lipinski definition) is 4. The molecule has 0 aliphatic heterocycles. The van der Waals surface area contributed by atoms with E-state index in [0.29, 0.717) is 21.1 Å². The lowest BCUT2D eigenvalue weighted by molar-refractivity contribution is 1.06. The first-order valence-electron chi connectivity index (χ1n) is 4.14. The molecule has 0 N–H and O–H groups in total. The fraction of sp³-hybridized carbons (Fsp3) is 0.111. The van der Waals surface area contributed by atoms with Gasteiger partial charge in [0.25, 0.3) is 0 Å². The zero-order valence-electron chi connectivity index (χ0n) is 7.78. The van der Waals surface area contributed by atoms with Gasteiger partial charge < -0.3 is 0 Å². The standard InChI is InChI=1S/C9H6BrClN4/c1-5-7(10)8(11)15-9(14-5)6-2-3-12-4-13-6/h2-4H,1H3. The van der Waals surface area contributed by atoms with E-state index in [0.717, 1.165) is 5.69 Å². The molecule has 0 bridgehead atoms. The first-order valence-corrected chi connectivity index (χ1v) is 5.31. The SMILES string of the molecule is Cc1nc(-c2ccncn2)nc(Cl)c1Br.